The Morgan fingerprint density at radius 3 is 1.63 bits per heavy atom. The Kier molecular flexibility index (Phi) is 12.3. The molecule has 9 nitrogen and oxygen atoms in total. The maximum absolute atomic E-state index is 12.9. The van der Waals surface area contributed by atoms with Gasteiger partial charge in [0.15, 0.2) is 0 Å². The van der Waals surface area contributed by atoms with E-state index in [1.807, 2.05) is 34.6 Å². The maximum atomic E-state index is 12.9. The van der Waals surface area contributed by atoms with Crippen LogP contribution in [0.2, 0.25) is 0 Å². The van der Waals surface area contributed by atoms with Gasteiger partial charge in [-0.15, -0.1) is 0 Å². The average Bonchev–Trinajstić information content (AvgIpc) is 2.67. The zero-order valence-electron chi connectivity index (χ0n) is 19.3. The summed E-state index contributed by atoms with van der Waals surface area (Å²) in [5, 5.41) is 17.4. The van der Waals surface area contributed by atoms with E-state index in [0.717, 1.165) is 0 Å². The lowest BCUT2D eigenvalue weighted by Gasteiger charge is -2.29. The second-order valence-electron chi connectivity index (χ2n) is 8.56. The van der Waals surface area contributed by atoms with Crippen LogP contribution in [0, 0.1) is 17.8 Å². The van der Waals surface area contributed by atoms with Gasteiger partial charge in [0.1, 0.15) is 18.1 Å². The number of aliphatic carboxylic acids is 1. The molecule has 0 bridgehead atoms. The monoisotopic (exact) mass is 428 g/mol. The van der Waals surface area contributed by atoms with Crippen LogP contribution < -0.4 is 21.7 Å². The van der Waals surface area contributed by atoms with E-state index in [1.165, 1.54) is 6.92 Å². The third kappa shape index (κ3) is 9.11. The topological polar surface area (TPSA) is 151 Å². The molecule has 3 amide bonds. The van der Waals surface area contributed by atoms with Crippen molar-refractivity contribution in [3.05, 3.63) is 0 Å². The molecule has 0 rings (SSSR count). The van der Waals surface area contributed by atoms with Gasteiger partial charge < -0.3 is 26.8 Å². The molecule has 30 heavy (non-hydrogen) atoms. The Bertz CT molecular complexity index is 594. The zero-order chi connectivity index (χ0) is 23.6. The van der Waals surface area contributed by atoms with Gasteiger partial charge in [0.2, 0.25) is 17.7 Å². The van der Waals surface area contributed by atoms with Crippen molar-refractivity contribution in [2.75, 3.05) is 0 Å². The van der Waals surface area contributed by atoms with Gasteiger partial charge in [-0.05, 0) is 31.1 Å². The molecule has 0 aliphatic heterocycles. The third-order valence-corrected chi connectivity index (χ3v) is 5.32. The minimum absolute atomic E-state index is 0.117. The SMILES string of the molecule is CCC(C)C(NC(=O)C(NC(=O)C(CC(C)C)NC(=O)C(C)N)C(C)CC)C(=O)O. The number of nitrogens with two attached hydrogens (primary N) is 1. The van der Waals surface area contributed by atoms with Crippen LogP contribution >= 0.6 is 0 Å². The van der Waals surface area contributed by atoms with Gasteiger partial charge in [-0.25, -0.2) is 4.79 Å². The Labute approximate surface area is 179 Å². The lowest BCUT2D eigenvalue weighted by molar-refractivity contribution is -0.144. The van der Waals surface area contributed by atoms with Crippen molar-refractivity contribution in [3.8, 4) is 0 Å². The molecule has 0 saturated carbocycles. The Morgan fingerprint density at radius 2 is 1.23 bits per heavy atom. The highest BCUT2D eigenvalue weighted by atomic mass is 16.4. The first-order valence-electron chi connectivity index (χ1n) is 10.7. The van der Waals surface area contributed by atoms with Gasteiger partial charge in [0.25, 0.3) is 0 Å². The summed E-state index contributed by atoms with van der Waals surface area (Å²) in [4.78, 5) is 49.4. The van der Waals surface area contributed by atoms with Crippen molar-refractivity contribution in [2.24, 2.45) is 23.5 Å². The van der Waals surface area contributed by atoms with Gasteiger partial charge in [-0.1, -0.05) is 54.4 Å². The first-order chi connectivity index (χ1) is 13.8. The largest absolute Gasteiger partial charge is 0.480 e. The fourth-order valence-corrected chi connectivity index (χ4v) is 2.89. The third-order valence-electron chi connectivity index (χ3n) is 5.32. The normalized spacial score (nSPS) is 17.2. The molecule has 0 aromatic carbocycles. The van der Waals surface area contributed by atoms with E-state index in [1.54, 1.807) is 6.92 Å². The number of carboxylic acids is 1. The molecule has 9 heteroatoms. The van der Waals surface area contributed by atoms with Crippen LogP contribution in [-0.4, -0.2) is 53.0 Å². The number of carboxylic acid groups (broad SMARTS) is 1. The van der Waals surface area contributed by atoms with Crippen molar-refractivity contribution in [1.82, 2.24) is 16.0 Å². The predicted molar refractivity (Wildman–Crippen MR) is 115 cm³/mol. The van der Waals surface area contributed by atoms with E-state index in [0.29, 0.717) is 19.3 Å². The standard InChI is InChI=1S/C21H40N4O5/c1-8-12(5)16(20(28)25-17(21(29)30)13(6)9-2)24-19(27)15(10-11(3)4)23-18(26)14(7)22/h11-17H,8-10,22H2,1-7H3,(H,23,26)(H,24,27)(H,25,28)(H,29,30). The van der Waals surface area contributed by atoms with Crippen LogP contribution in [0.1, 0.15) is 67.7 Å². The zero-order valence-corrected chi connectivity index (χ0v) is 19.3. The van der Waals surface area contributed by atoms with E-state index in [4.69, 9.17) is 5.73 Å². The van der Waals surface area contributed by atoms with Crippen molar-refractivity contribution in [3.63, 3.8) is 0 Å². The lowest BCUT2D eigenvalue weighted by atomic mass is 9.94. The number of carbonyl (C=O) groups excluding carboxylic acids is 3. The van der Waals surface area contributed by atoms with Crippen LogP contribution in [0.3, 0.4) is 0 Å². The quantitative estimate of drug-likeness (QED) is 0.295. The van der Waals surface area contributed by atoms with Gasteiger partial charge in [-0.2, -0.15) is 0 Å². The van der Waals surface area contributed by atoms with E-state index in [2.05, 4.69) is 16.0 Å². The molecule has 6 unspecified atom stereocenters. The number of rotatable bonds is 13. The Morgan fingerprint density at radius 1 is 0.767 bits per heavy atom. The molecule has 0 spiro atoms. The van der Waals surface area contributed by atoms with Crippen molar-refractivity contribution in [2.45, 2.75) is 91.9 Å². The number of hydrogen-bond acceptors (Lipinski definition) is 5. The maximum Gasteiger partial charge on any atom is 0.326 e. The summed E-state index contributed by atoms with van der Waals surface area (Å²) in [6, 6.07) is -3.58. The number of nitrogens with one attached hydrogen (secondary N) is 3. The molecular weight excluding hydrogens is 388 g/mol. The molecule has 0 radical (unpaired) electrons. The molecule has 0 fully saturated rings. The average molecular weight is 429 g/mol. The van der Waals surface area contributed by atoms with E-state index < -0.39 is 47.9 Å². The highest BCUT2D eigenvalue weighted by Crippen LogP contribution is 2.13. The van der Waals surface area contributed by atoms with Crippen molar-refractivity contribution >= 4 is 23.7 Å². The molecule has 0 aliphatic rings. The molecule has 174 valence electrons. The first-order valence-corrected chi connectivity index (χ1v) is 10.7. The van der Waals surface area contributed by atoms with E-state index in [-0.39, 0.29) is 17.8 Å². The van der Waals surface area contributed by atoms with Crippen LogP contribution in [0.15, 0.2) is 0 Å². The summed E-state index contributed by atoms with van der Waals surface area (Å²) in [6.45, 7) is 12.6. The molecular formula is C21H40N4O5. The smallest absolute Gasteiger partial charge is 0.326 e. The number of carbonyl (C=O) groups is 4. The van der Waals surface area contributed by atoms with Crippen molar-refractivity contribution in [1.29, 1.82) is 0 Å². The summed E-state index contributed by atoms with van der Waals surface area (Å²) in [5.74, 6) is -2.99. The molecule has 6 atom stereocenters. The number of hydrogen-bond donors (Lipinski definition) is 5. The summed E-state index contributed by atoms with van der Waals surface area (Å²) >= 11 is 0. The molecule has 0 saturated heterocycles. The fraction of sp³-hybridized carbons (Fsp3) is 0.810. The van der Waals surface area contributed by atoms with Gasteiger partial charge in [0.05, 0.1) is 6.04 Å². The van der Waals surface area contributed by atoms with Crippen molar-refractivity contribution < 1.29 is 24.3 Å². The summed E-state index contributed by atoms with van der Waals surface area (Å²) in [6.07, 6.45) is 1.56. The number of amides is 3. The second kappa shape index (κ2) is 13.2. The minimum atomic E-state index is -1.12. The Hall–Kier alpha value is -2.16. The molecule has 6 N–H and O–H groups in total. The highest BCUT2D eigenvalue weighted by Gasteiger charge is 2.33. The fourth-order valence-electron chi connectivity index (χ4n) is 2.89. The van der Waals surface area contributed by atoms with Gasteiger partial charge >= 0.3 is 5.97 Å². The molecule has 0 aromatic rings. The Balaban J connectivity index is 5.54. The summed E-state index contributed by atoms with van der Waals surface area (Å²) in [7, 11) is 0. The summed E-state index contributed by atoms with van der Waals surface area (Å²) < 4.78 is 0. The predicted octanol–water partition coefficient (Wildman–Crippen LogP) is 1.01. The second-order valence-corrected chi connectivity index (χ2v) is 8.56. The van der Waals surface area contributed by atoms with Crippen LogP contribution in [0.25, 0.3) is 0 Å². The van der Waals surface area contributed by atoms with Gasteiger partial charge in [0, 0.05) is 0 Å². The molecule has 0 aromatic heterocycles. The highest BCUT2D eigenvalue weighted by molar-refractivity contribution is 5.94. The van der Waals surface area contributed by atoms with E-state index >= 15 is 0 Å². The van der Waals surface area contributed by atoms with Crippen LogP contribution in [-0.2, 0) is 19.2 Å². The molecule has 0 aliphatic carbocycles. The van der Waals surface area contributed by atoms with Crippen LogP contribution in [0.5, 0.6) is 0 Å². The van der Waals surface area contributed by atoms with Gasteiger partial charge in [-0.3, -0.25) is 14.4 Å². The lowest BCUT2D eigenvalue weighted by Crippen LogP contribution is -2.59. The summed E-state index contributed by atoms with van der Waals surface area (Å²) in [5.41, 5.74) is 5.60. The van der Waals surface area contributed by atoms with E-state index in [9.17, 15) is 24.3 Å². The molecule has 0 heterocycles. The van der Waals surface area contributed by atoms with Crippen LogP contribution in [0.4, 0.5) is 0 Å². The minimum Gasteiger partial charge on any atom is -0.480 e. The first kappa shape index (κ1) is 27.8.